The van der Waals surface area contributed by atoms with Gasteiger partial charge in [0, 0.05) is 38.3 Å². The highest BCUT2D eigenvalue weighted by molar-refractivity contribution is 7.89. The molecule has 0 bridgehead atoms. The van der Waals surface area contributed by atoms with Crippen molar-refractivity contribution in [3.05, 3.63) is 48.0 Å². The fraction of sp³-hybridized carbons (Fsp3) is 0.368. The van der Waals surface area contributed by atoms with Crippen LogP contribution < -0.4 is 9.47 Å². The largest absolute Gasteiger partial charge is 0.494 e. The van der Waals surface area contributed by atoms with E-state index in [1.54, 1.807) is 0 Å². The Morgan fingerprint density at radius 3 is 1.45 bits per heavy atom. The lowest BCUT2D eigenvalue weighted by molar-refractivity contribution is 0.382. The van der Waals surface area contributed by atoms with E-state index in [1.165, 1.54) is 14.2 Å². The van der Waals surface area contributed by atoms with Gasteiger partial charge in [0.05, 0.1) is 24.0 Å². The third kappa shape index (κ3) is 4.66. The molecule has 2 aromatic rings. The van der Waals surface area contributed by atoms with Gasteiger partial charge >= 0.3 is 0 Å². The standard InChI is InChI=1S/C19H22F2N2O6S2/c1-28-18-12-14(4-6-16(18)20)30(24,25)22-8-3-9-23(11-10-22)31(26,27)15-5-7-17(21)19(13-15)29-2/h4-7,12-13H,3,8-11H2,1-2H3. The summed E-state index contributed by atoms with van der Waals surface area (Å²) in [5.41, 5.74) is 0. The molecule has 0 aromatic heterocycles. The van der Waals surface area contributed by atoms with Crippen molar-refractivity contribution in [3.8, 4) is 11.5 Å². The monoisotopic (exact) mass is 476 g/mol. The second-order valence-corrected chi connectivity index (χ2v) is 10.6. The Morgan fingerprint density at radius 2 is 1.10 bits per heavy atom. The van der Waals surface area contributed by atoms with E-state index in [-0.39, 0.29) is 53.9 Å². The van der Waals surface area contributed by atoms with Crippen LogP contribution >= 0.6 is 0 Å². The van der Waals surface area contributed by atoms with Crippen LogP contribution in [0.3, 0.4) is 0 Å². The molecular weight excluding hydrogens is 454 g/mol. The molecule has 1 fully saturated rings. The number of sulfonamides is 2. The molecule has 1 aliphatic rings. The minimum absolute atomic E-state index is 0.0841. The van der Waals surface area contributed by atoms with Crippen LogP contribution in [0.4, 0.5) is 8.78 Å². The van der Waals surface area contributed by atoms with E-state index < -0.39 is 31.7 Å². The second-order valence-electron chi connectivity index (χ2n) is 6.75. The first-order valence-electron chi connectivity index (χ1n) is 9.28. The van der Waals surface area contributed by atoms with Gasteiger partial charge in [0.1, 0.15) is 0 Å². The third-order valence-corrected chi connectivity index (χ3v) is 8.72. The lowest BCUT2D eigenvalue weighted by Gasteiger charge is -2.22. The second kappa shape index (κ2) is 9.07. The SMILES string of the molecule is COc1cc(S(=O)(=O)N2CCCN(S(=O)(=O)c3ccc(F)c(OC)c3)CC2)ccc1F. The molecule has 1 heterocycles. The quantitative estimate of drug-likeness (QED) is 0.634. The topological polar surface area (TPSA) is 93.2 Å². The summed E-state index contributed by atoms with van der Waals surface area (Å²) >= 11 is 0. The van der Waals surface area contributed by atoms with E-state index >= 15 is 0 Å². The first-order valence-corrected chi connectivity index (χ1v) is 12.2. The summed E-state index contributed by atoms with van der Waals surface area (Å²) < 4.78 is 91.3. The molecule has 170 valence electrons. The van der Waals surface area contributed by atoms with E-state index in [2.05, 4.69) is 0 Å². The fourth-order valence-electron chi connectivity index (χ4n) is 3.25. The average Bonchev–Trinajstić information content (AvgIpc) is 3.01. The molecule has 0 atom stereocenters. The van der Waals surface area contributed by atoms with Crippen molar-refractivity contribution in [1.82, 2.24) is 8.61 Å². The van der Waals surface area contributed by atoms with Crippen molar-refractivity contribution in [3.63, 3.8) is 0 Å². The molecule has 3 rings (SSSR count). The lowest BCUT2D eigenvalue weighted by atomic mass is 10.3. The van der Waals surface area contributed by atoms with Crippen molar-refractivity contribution in [1.29, 1.82) is 0 Å². The minimum Gasteiger partial charge on any atom is -0.494 e. The van der Waals surface area contributed by atoms with Crippen LogP contribution in [0, 0.1) is 11.6 Å². The number of hydrogen-bond acceptors (Lipinski definition) is 6. The molecule has 0 spiro atoms. The molecule has 0 aliphatic carbocycles. The van der Waals surface area contributed by atoms with Crippen molar-refractivity contribution >= 4 is 20.0 Å². The number of hydrogen-bond donors (Lipinski definition) is 0. The molecule has 0 amide bonds. The number of benzene rings is 2. The maximum Gasteiger partial charge on any atom is 0.243 e. The molecular formula is C19H22F2N2O6S2. The zero-order valence-corrected chi connectivity index (χ0v) is 18.5. The van der Waals surface area contributed by atoms with Crippen LogP contribution in [0.5, 0.6) is 11.5 Å². The summed E-state index contributed by atoms with van der Waals surface area (Å²) in [6.07, 6.45) is 0.245. The Morgan fingerprint density at radius 1 is 0.710 bits per heavy atom. The third-order valence-electron chi connectivity index (χ3n) is 4.93. The number of ether oxygens (including phenoxy) is 2. The molecule has 12 heteroatoms. The van der Waals surface area contributed by atoms with Crippen LogP contribution in [0.2, 0.25) is 0 Å². The zero-order chi connectivity index (χ0) is 22.8. The predicted octanol–water partition coefficient (Wildman–Crippen LogP) is 2.07. The Hall–Kier alpha value is -2.28. The van der Waals surface area contributed by atoms with Crippen LogP contribution in [-0.4, -0.2) is 65.8 Å². The van der Waals surface area contributed by atoms with Crippen LogP contribution in [0.15, 0.2) is 46.2 Å². The Labute approximate surface area is 180 Å². The maximum absolute atomic E-state index is 13.6. The number of halogens is 2. The maximum atomic E-state index is 13.6. The number of rotatable bonds is 6. The molecule has 0 N–H and O–H groups in total. The van der Waals surface area contributed by atoms with Crippen LogP contribution in [0.1, 0.15) is 6.42 Å². The van der Waals surface area contributed by atoms with Crippen molar-refractivity contribution in [2.24, 2.45) is 0 Å². The molecule has 0 unspecified atom stereocenters. The van der Waals surface area contributed by atoms with Gasteiger partial charge in [-0.25, -0.2) is 25.6 Å². The molecule has 8 nitrogen and oxygen atoms in total. The van der Waals surface area contributed by atoms with Crippen LogP contribution in [-0.2, 0) is 20.0 Å². The molecule has 1 aliphatic heterocycles. The normalized spacial score (nSPS) is 16.6. The number of nitrogens with zero attached hydrogens (tertiary/aromatic N) is 2. The molecule has 2 aromatic carbocycles. The minimum atomic E-state index is -3.99. The summed E-state index contributed by atoms with van der Waals surface area (Å²) in [7, 11) is -5.52. The van der Waals surface area contributed by atoms with Gasteiger partial charge in [0.2, 0.25) is 20.0 Å². The summed E-state index contributed by atoms with van der Waals surface area (Å²) in [5.74, 6) is -1.79. The van der Waals surface area contributed by atoms with E-state index in [0.29, 0.717) is 0 Å². The lowest BCUT2D eigenvalue weighted by Crippen LogP contribution is -2.37. The van der Waals surface area contributed by atoms with Crippen molar-refractivity contribution < 1.29 is 35.1 Å². The predicted molar refractivity (Wildman–Crippen MR) is 108 cm³/mol. The Bertz CT molecular complexity index is 1080. The number of methoxy groups -OCH3 is 2. The van der Waals surface area contributed by atoms with E-state index in [9.17, 15) is 25.6 Å². The van der Waals surface area contributed by atoms with Gasteiger partial charge in [-0.05, 0) is 30.7 Å². The first-order chi connectivity index (χ1) is 14.6. The summed E-state index contributed by atoms with van der Waals surface area (Å²) in [6, 6.07) is 6.46. The van der Waals surface area contributed by atoms with Gasteiger partial charge in [0.15, 0.2) is 23.1 Å². The van der Waals surface area contributed by atoms with Gasteiger partial charge in [0.25, 0.3) is 0 Å². The fourth-order valence-corrected chi connectivity index (χ4v) is 6.22. The van der Waals surface area contributed by atoms with Crippen LogP contribution in [0.25, 0.3) is 0 Å². The molecule has 31 heavy (non-hydrogen) atoms. The van der Waals surface area contributed by atoms with E-state index in [4.69, 9.17) is 9.47 Å². The highest BCUT2D eigenvalue weighted by Crippen LogP contribution is 2.27. The van der Waals surface area contributed by atoms with Gasteiger partial charge in [-0.2, -0.15) is 8.61 Å². The Kier molecular flexibility index (Phi) is 6.84. The van der Waals surface area contributed by atoms with Gasteiger partial charge in [-0.3, -0.25) is 0 Å². The van der Waals surface area contributed by atoms with Gasteiger partial charge in [-0.15, -0.1) is 0 Å². The first kappa shape index (κ1) is 23.4. The molecule has 1 saturated heterocycles. The van der Waals surface area contributed by atoms with Gasteiger partial charge < -0.3 is 9.47 Å². The van der Waals surface area contributed by atoms with E-state index in [0.717, 1.165) is 45.0 Å². The molecule has 0 radical (unpaired) electrons. The van der Waals surface area contributed by atoms with E-state index in [1.807, 2.05) is 0 Å². The summed E-state index contributed by atoms with van der Waals surface area (Å²) in [5, 5.41) is 0. The highest BCUT2D eigenvalue weighted by Gasteiger charge is 2.32. The smallest absolute Gasteiger partial charge is 0.243 e. The summed E-state index contributed by atoms with van der Waals surface area (Å²) in [6.45, 7) is -0.0270. The average molecular weight is 477 g/mol. The van der Waals surface area contributed by atoms with Crippen molar-refractivity contribution in [2.45, 2.75) is 16.2 Å². The summed E-state index contributed by atoms with van der Waals surface area (Å²) in [4.78, 5) is -0.296. The molecule has 0 saturated carbocycles. The highest BCUT2D eigenvalue weighted by atomic mass is 32.2. The zero-order valence-electron chi connectivity index (χ0n) is 16.9. The van der Waals surface area contributed by atoms with Gasteiger partial charge in [-0.1, -0.05) is 0 Å². The Balaban J connectivity index is 1.83. The van der Waals surface area contributed by atoms with Crippen molar-refractivity contribution in [2.75, 3.05) is 40.4 Å².